The van der Waals surface area contributed by atoms with E-state index in [1.807, 2.05) is 0 Å². The molecule has 0 aromatic heterocycles. The Kier molecular flexibility index (Phi) is 4.97. The molecular weight excluding hydrogens is 275 g/mol. The molecule has 1 aromatic carbocycles. The van der Waals surface area contributed by atoms with E-state index >= 15 is 0 Å². The molecule has 0 radical (unpaired) electrons. The van der Waals surface area contributed by atoms with Gasteiger partial charge in [-0.05, 0) is 37.6 Å². The van der Waals surface area contributed by atoms with Crippen LogP contribution in [0.3, 0.4) is 0 Å². The molecule has 1 aromatic rings. The van der Waals surface area contributed by atoms with Gasteiger partial charge in [-0.3, -0.25) is 0 Å². The Labute approximate surface area is 124 Å². The summed E-state index contributed by atoms with van der Waals surface area (Å²) >= 11 is 0. The van der Waals surface area contributed by atoms with Gasteiger partial charge in [-0.15, -0.1) is 0 Å². The molecule has 1 saturated carbocycles. The van der Waals surface area contributed by atoms with E-state index in [9.17, 15) is 13.2 Å². The molecule has 0 bridgehead atoms. The zero-order valence-electron chi connectivity index (χ0n) is 13.0. The van der Waals surface area contributed by atoms with E-state index in [2.05, 4.69) is 19.2 Å². The lowest BCUT2D eigenvalue weighted by molar-refractivity contribution is 0.155. The third kappa shape index (κ3) is 3.25. The monoisotopic (exact) mass is 299 g/mol. The quantitative estimate of drug-likeness (QED) is 0.809. The van der Waals surface area contributed by atoms with Crippen molar-refractivity contribution in [1.82, 2.24) is 5.32 Å². The highest BCUT2D eigenvalue weighted by Crippen LogP contribution is 2.52. The van der Waals surface area contributed by atoms with Crippen molar-refractivity contribution in [1.29, 1.82) is 0 Å². The van der Waals surface area contributed by atoms with Gasteiger partial charge in [-0.1, -0.05) is 26.7 Å². The molecule has 1 unspecified atom stereocenters. The predicted molar refractivity (Wildman–Crippen MR) is 78.5 cm³/mol. The van der Waals surface area contributed by atoms with Crippen molar-refractivity contribution in [3.05, 3.63) is 35.1 Å². The van der Waals surface area contributed by atoms with E-state index in [0.717, 1.165) is 44.2 Å². The molecule has 118 valence electrons. The van der Waals surface area contributed by atoms with Crippen molar-refractivity contribution in [3.8, 4) is 0 Å². The molecule has 1 atom stereocenters. The predicted octanol–water partition coefficient (Wildman–Crippen LogP) is 4.97. The molecular formula is C17H24F3N. The maximum atomic E-state index is 14.2. The number of hydrogen-bond acceptors (Lipinski definition) is 1. The van der Waals surface area contributed by atoms with Crippen molar-refractivity contribution in [3.63, 3.8) is 0 Å². The fourth-order valence-corrected chi connectivity index (χ4v) is 4.09. The van der Waals surface area contributed by atoms with E-state index in [4.69, 9.17) is 0 Å². The van der Waals surface area contributed by atoms with Gasteiger partial charge < -0.3 is 5.32 Å². The first kappa shape index (κ1) is 16.3. The Morgan fingerprint density at radius 3 is 2.05 bits per heavy atom. The zero-order chi connectivity index (χ0) is 15.6. The molecule has 0 spiro atoms. The summed E-state index contributed by atoms with van der Waals surface area (Å²) in [7, 11) is 1.73. The third-order valence-electron chi connectivity index (χ3n) is 4.65. The van der Waals surface area contributed by atoms with Gasteiger partial charge in [0.05, 0.1) is 0 Å². The molecule has 4 heteroatoms. The lowest BCUT2D eigenvalue weighted by Gasteiger charge is -2.39. The van der Waals surface area contributed by atoms with Crippen LogP contribution in [0, 0.1) is 28.8 Å². The molecule has 0 heterocycles. The largest absolute Gasteiger partial charge is 0.312 e. The summed E-state index contributed by atoms with van der Waals surface area (Å²) in [6.07, 6.45) is 4.97. The Hall–Kier alpha value is -1.03. The second-order valence-electron chi connectivity index (χ2n) is 6.67. The van der Waals surface area contributed by atoms with Gasteiger partial charge in [0.25, 0.3) is 0 Å². The Balaban J connectivity index is 2.47. The molecule has 0 aliphatic heterocycles. The molecule has 0 amide bonds. The molecule has 0 saturated heterocycles. The van der Waals surface area contributed by atoms with E-state index in [0.29, 0.717) is 5.92 Å². The first-order chi connectivity index (χ1) is 9.89. The molecule has 2 rings (SSSR count). The van der Waals surface area contributed by atoms with Gasteiger partial charge in [0.2, 0.25) is 0 Å². The Morgan fingerprint density at radius 1 is 1.10 bits per heavy atom. The minimum Gasteiger partial charge on any atom is -0.312 e. The van der Waals surface area contributed by atoms with E-state index in [1.165, 1.54) is 0 Å². The fraction of sp³-hybridized carbons (Fsp3) is 0.647. The lowest BCUT2D eigenvalue weighted by Crippen LogP contribution is -2.37. The van der Waals surface area contributed by atoms with Crippen LogP contribution in [0.5, 0.6) is 0 Å². The first-order valence-electron chi connectivity index (χ1n) is 7.71. The third-order valence-corrected chi connectivity index (χ3v) is 4.65. The summed E-state index contributed by atoms with van der Waals surface area (Å²) in [4.78, 5) is 0. The number of hydrogen-bond donors (Lipinski definition) is 1. The van der Waals surface area contributed by atoms with Crippen LogP contribution in [-0.2, 0) is 0 Å². The number of rotatable bonds is 5. The lowest BCUT2D eigenvalue weighted by atomic mass is 9.70. The maximum absolute atomic E-state index is 14.2. The SMILES string of the molecule is CNC(c1c(F)cc(F)cc1F)C1(CC(C)C)CCCC1. The van der Waals surface area contributed by atoms with Crippen LogP contribution < -0.4 is 5.32 Å². The molecule has 21 heavy (non-hydrogen) atoms. The van der Waals surface area contributed by atoms with Gasteiger partial charge in [-0.2, -0.15) is 0 Å². The minimum atomic E-state index is -0.868. The van der Waals surface area contributed by atoms with Crippen LogP contribution in [0.25, 0.3) is 0 Å². The summed E-state index contributed by atoms with van der Waals surface area (Å²) in [6.45, 7) is 4.26. The average molecular weight is 299 g/mol. The van der Waals surface area contributed by atoms with E-state index < -0.39 is 23.5 Å². The number of benzene rings is 1. The molecule has 1 aliphatic rings. The second-order valence-corrected chi connectivity index (χ2v) is 6.67. The minimum absolute atomic E-state index is 0.0125. The van der Waals surface area contributed by atoms with Crippen molar-refractivity contribution in [2.45, 2.75) is 52.0 Å². The highest BCUT2D eigenvalue weighted by Gasteiger charge is 2.43. The van der Waals surface area contributed by atoms with Gasteiger partial charge >= 0.3 is 0 Å². The molecule has 1 fully saturated rings. The summed E-state index contributed by atoms with van der Waals surface area (Å²) in [5, 5.41) is 3.11. The highest BCUT2D eigenvalue weighted by atomic mass is 19.1. The van der Waals surface area contributed by atoms with E-state index in [-0.39, 0.29) is 11.0 Å². The molecule has 1 N–H and O–H groups in total. The summed E-state index contributed by atoms with van der Waals surface area (Å²) in [5.74, 6) is -2.00. The average Bonchev–Trinajstić information content (AvgIpc) is 2.81. The summed E-state index contributed by atoms with van der Waals surface area (Å²) in [6, 6.07) is 1.14. The van der Waals surface area contributed by atoms with Crippen LogP contribution in [0.15, 0.2) is 12.1 Å². The zero-order valence-corrected chi connectivity index (χ0v) is 13.0. The summed E-state index contributed by atoms with van der Waals surface area (Å²) < 4.78 is 41.5. The van der Waals surface area contributed by atoms with Gasteiger partial charge in [-0.25, -0.2) is 13.2 Å². The molecule has 1 aliphatic carbocycles. The van der Waals surface area contributed by atoms with Crippen LogP contribution >= 0.6 is 0 Å². The first-order valence-corrected chi connectivity index (χ1v) is 7.71. The number of nitrogens with one attached hydrogen (secondary N) is 1. The van der Waals surface area contributed by atoms with Crippen LogP contribution in [0.2, 0.25) is 0 Å². The van der Waals surface area contributed by atoms with Crippen molar-refractivity contribution in [2.75, 3.05) is 7.05 Å². The Morgan fingerprint density at radius 2 is 1.62 bits per heavy atom. The van der Waals surface area contributed by atoms with Crippen LogP contribution in [0.1, 0.15) is 57.6 Å². The standard InChI is InChI=1S/C17H24F3N/c1-11(2)10-17(6-4-5-7-17)16(21-3)15-13(19)8-12(18)9-14(15)20/h8-9,11,16,21H,4-7,10H2,1-3H3. The topological polar surface area (TPSA) is 12.0 Å². The second kappa shape index (κ2) is 6.39. The van der Waals surface area contributed by atoms with Crippen molar-refractivity contribution >= 4 is 0 Å². The fourth-order valence-electron chi connectivity index (χ4n) is 4.09. The maximum Gasteiger partial charge on any atom is 0.133 e. The van der Waals surface area contributed by atoms with Gasteiger partial charge in [0.15, 0.2) is 0 Å². The van der Waals surface area contributed by atoms with Crippen LogP contribution in [-0.4, -0.2) is 7.05 Å². The van der Waals surface area contributed by atoms with E-state index in [1.54, 1.807) is 7.05 Å². The van der Waals surface area contributed by atoms with Crippen LogP contribution in [0.4, 0.5) is 13.2 Å². The normalized spacial score (nSPS) is 19.2. The molecule has 1 nitrogen and oxygen atoms in total. The van der Waals surface area contributed by atoms with Crippen molar-refractivity contribution < 1.29 is 13.2 Å². The van der Waals surface area contributed by atoms with Gasteiger partial charge in [0, 0.05) is 23.7 Å². The van der Waals surface area contributed by atoms with Crippen molar-refractivity contribution in [2.24, 2.45) is 11.3 Å². The summed E-state index contributed by atoms with van der Waals surface area (Å²) in [5.41, 5.74) is -0.163. The highest BCUT2D eigenvalue weighted by molar-refractivity contribution is 5.27. The number of halogens is 3. The van der Waals surface area contributed by atoms with Gasteiger partial charge in [0.1, 0.15) is 17.5 Å². The smallest absolute Gasteiger partial charge is 0.133 e. The Bertz CT molecular complexity index is 470.